The maximum atomic E-state index is 12.6. The van der Waals surface area contributed by atoms with Crippen LogP contribution in [0.4, 0.5) is 0 Å². The van der Waals surface area contributed by atoms with Gasteiger partial charge in [-0.3, -0.25) is 4.90 Å². The zero-order valence-electron chi connectivity index (χ0n) is 14.5. The van der Waals surface area contributed by atoms with E-state index < -0.39 is 10.0 Å². The van der Waals surface area contributed by atoms with Crippen LogP contribution in [0.15, 0.2) is 60.8 Å². The SMILES string of the molecule is O=S(=O)(Cc1ccccc1)N1CCN(Cc2cc3ccccn3n2)CC1. The molecule has 0 aliphatic carbocycles. The van der Waals surface area contributed by atoms with E-state index in [1.165, 1.54) is 0 Å². The lowest BCUT2D eigenvalue weighted by Crippen LogP contribution is -2.48. The quantitative estimate of drug-likeness (QED) is 0.689. The van der Waals surface area contributed by atoms with Crippen LogP contribution in [-0.4, -0.2) is 53.4 Å². The maximum absolute atomic E-state index is 12.6. The molecule has 0 N–H and O–H groups in total. The number of benzene rings is 1. The molecule has 1 saturated heterocycles. The van der Waals surface area contributed by atoms with E-state index >= 15 is 0 Å². The van der Waals surface area contributed by atoms with E-state index in [1.54, 1.807) is 4.31 Å². The van der Waals surface area contributed by atoms with Gasteiger partial charge in [0.2, 0.25) is 10.0 Å². The van der Waals surface area contributed by atoms with Crippen molar-refractivity contribution in [1.29, 1.82) is 0 Å². The number of hydrogen-bond acceptors (Lipinski definition) is 4. The summed E-state index contributed by atoms with van der Waals surface area (Å²) in [7, 11) is -3.27. The second kappa shape index (κ2) is 7.19. The van der Waals surface area contributed by atoms with Gasteiger partial charge in [-0.25, -0.2) is 12.9 Å². The minimum Gasteiger partial charge on any atom is -0.295 e. The van der Waals surface area contributed by atoms with Crippen molar-refractivity contribution in [1.82, 2.24) is 18.8 Å². The van der Waals surface area contributed by atoms with E-state index in [2.05, 4.69) is 16.1 Å². The number of hydrogen-bond donors (Lipinski definition) is 0. The minimum absolute atomic E-state index is 0.0697. The van der Waals surface area contributed by atoms with Gasteiger partial charge in [-0.2, -0.15) is 9.40 Å². The first-order chi connectivity index (χ1) is 12.6. The number of rotatable bonds is 5. The monoisotopic (exact) mass is 370 g/mol. The molecule has 1 aliphatic heterocycles. The van der Waals surface area contributed by atoms with Gasteiger partial charge in [0.1, 0.15) is 0 Å². The Labute approximate surface area is 153 Å². The van der Waals surface area contributed by atoms with Crippen LogP contribution in [0.1, 0.15) is 11.3 Å². The molecule has 6 nitrogen and oxygen atoms in total. The predicted octanol–water partition coefficient (Wildman–Crippen LogP) is 1.98. The van der Waals surface area contributed by atoms with Gasteiger partial charge in [-0.15, -0.1) is 0 Å². The average molecular weight is 370 g/mol. The van der Waals surface area contributed by atoms with Crippen LogP contribution >= 0.6 is 0 Å². The van der Waals surface area contributed by atoms with Crippen molar-refractivity contribution in [3.05, 3.63) is 72.1 Å². The summed E-state index contributed by atoms with van der Waals surface area (Å²) in [5.41, 5.74) is 2.92. The molecule has 0 amide bonds. The summed E-state index contributed by atoms with van der Waals surface area (Å²) in [6.07, 6.45) is 1.94. The van der Waals surface area contributed by atoms with Crippen molar-refractivity contribution in [2.45, 2.75) is 12.3 Å². The summed E-state index contributed by atoms with van der Waals surface area (Å²) >= 11 is 0. The van der Waals surface area contributed by atoms with Crippen LogP contribution in [-0.2, 0) is 22.3 Å². The molecule has 7 heteroatoms. The molecule has 1 fully saturated rings. The summed E-state index contributed by atoms with van der Waals surface area (Å²) in [5, 5.41) is 4.57. The summed E-state index contributed by atoms with van der Waals surface area (Å²) in [4.78, 5) is 2.26. The number of aromatic nitrogens is 2. The van der Waals surface area contributed by atoms with E-state index in [1.807, 2.05) is 59.2 Å². The highest BCUT2D eigenvalue weighted by molar-refractivity contribution is 7.88. The number of nitrogens with zero attached hydrogens (tertiary/aromatic N) is 4. The van der Waals surface area contributed by atoms with E-state index in [9.17, 15) is 8.42 Å². The molecular formula is C19H22N4O2S. The van der Waals surface area contributed by atoms with Crippen LogP contribution in [0, 0.1) is 0 Å². The Hall–Kier alpha value is -2.22. The smallest absolute Gasteiger partial charge is 0.218 e. The standard InChI is InChI=1S/C19H22N4O2S/c24-26(25,16-17-6-2-1-3-7-17)22-12-10-21(11-13-22)15-18-14-19-8-4-5-9-23(19)20-18/h1-9,14H,10-13,15-16H2. The lowest BCUT2D eigenvalue weighted by Gasteiger charge is -2.33. The molecule has 26 heavy (non-hydrogen) atoms. The summed E-state index contributed by atoms with van der Waals surface area (Å²) in [6.45, 7) is 3.25. The molecule has 2 aromatic heterocycles. The molecule has 1 aliphatic rings. The third-order valence-electron chi connectivity index (χ3n) is 4.72. The van der Waals surface area contributed by atoms with E-state index in [4.69, 9.17) is 0 Å². The van der Waals surface area contributed by atoms with Crippen molar-refractivity contribution in [3.8, 4) is 0 Å². The summed E-state index contributed by atoms with van der Waals surface area (Å²) in [5.74, 6) is 0.0697. The Balaban J connectivity index is 1.36. The highest BCUT2D eigenvalue weighted by Gasteiger charge is 2.27. The van der Waals surface area contributed by atoms with Crippen LogP contribution in [0.5, 0.6) is 0 Å². The Morgan fingerprint density at radius 1 is 0.923 bits per heavy atom. The van der Waals surface area contributed by atoms with Gasteiger partial charge in [0, 0.05) is 38.9 Å². The van der Waals surface area contributed by atoms with E-state index in [-0.39, 0.29) is 5.75 Å². The van der Waals surface area contributed by atoms with Gasteiger partial charge in [-0.1, -0.05) is 36.4 Å². The van der Waals surface area contributed by atoms with E-state index in [0.717, 1.165) is 36.4 Å². The number of sulfonamides is 1. The molecule has 0 spiro atoms. The lowest BCUT2D eigenvalue weighted by molar-refractivity contribution is 0.179. The van der Waals surface area contributed by atoms with Gasteiger partial charge in [-0.05, 0) is 23.8 Å². The highest BCUT2D eigenvalue weighted by Crippen LogP contribution is 2.15. The van der Waals surface area contributed by atoms with Crippen molar-refractivity contribution in [3.63, 3.8) is 0 Å². The molecule has 0 radical (unpaired) electrons. The topological polar surface area (TPSA) is 57.9 Å². The van der Waals surface area contributed by atoms with Crippen molar-refractivity contribution in [2.75, 3.05) is 26.2 Å². The first-order valence-corrected chi connectivity index (χ1v) is 10.4. The van der Waals surface area contributed by atoms with Crippen LogP contribution in [0.25, 0.3) is 5.52 Å². The molecular weight excluding hydrogens is 348 g/mol. The molecule has 0 bridgehead atoms. The molecule has 136 valence electrons. The zero-order chi connectivity index (χ0) is 18.0. The van der Waals surface area contributed by atoms with Gasteiger partial charge in [0.25, 0.3) is 0 Å². The highest BCUT2D eigenvalue weighted by atomic mass is 32.2. The van der Waals surface area contributed by atoms with Gasteiger partial charge in [0.15, 0.2) is 0 Å². The minimum atomic E-state index is -3.27. The van der Waals surface area contributed by atoms with Crippen LogP contribution in [0.3, 0.4) is 0 Å². The summed E-state index contributed by atoms with van der Waals surface area (Å²) < 4.78 is 28.7. The lowest BCUT2D eigenvalue weighted by atomic mass is 10.2. The number of fused-ring (bicyclic) bond motifs is 1. The Bertz CT molecular complexity index is 944. The molecule has 0 atom stereocenters. The third kappa shape index (κ3) is 3.80. The predicted molar refractivity (Wildman–Crippen MR) is 101 cm³/mol. The fourth-order valence-corrected chi connectivity index (χ4v) is 4.86. The number of piperazine rings is 1. The largest absolute Gasteiger partial charge is 0.295 e. The first kappa shape index (κ1) is 17.2. The third-order valence-corrected chi connectivity index (χ3v) is 6.57. The van der Waals surface area contributed by atoms with Crippen molar-refractivity contribution < 1.29 is 8.42 Å². The zero-order valence-corrected chi connectivity index (χ0v) is 15.3. The maximum Gasteiger partial charge on any atom is 0.218 e. The van der Waals surface area contributed by atoms with Gasteiger partial charge in [0.05, 0.1) is 17.0 Å². The molecule has 0 unspecified atom stereocenters. The second-order valence-corrected chi connectivity index (χ2v) is 8.59. The summed E-state index contributed by atoms with van der Waals surface area (Å²) in [6, 6.07) is 17.4. The van der Waals surface area contributed by atoms with Crippen molar-refractivity contribution in [2.24, 2.45) is 0 Å². The second-order valence-electron chi connectivity index (χ2n) is 6.62. The molecule has 0 saturated carbocycles. The fraction of sp³-hybridized carbons (Fsp3) is 0.316. The van der Waals surface area contributed by atoms with Crippen LogP contribution in [0.2, 0.25) is 0 Å². The molecule has 3 heterocycles. The fourth-order valence-electron chi connectivity index (χ4n) is 3.34. The van der Waals surface area contributed by atoms with Crippen LogP contribution < -0.4 is 0 Å². The Morgan fingerprint density at radius 3 is 2.38 bits per heavy atom. The normalized spacial score (nSPS) is 16.9. The Morgan fingerprint density at radius 2 is 1.65 bits per heavy atom. The molecule has 1 aromatic carbocycles. The number of pyridine rings is 1. The molecule has 4 rings (SSSR count). The van der Waals surface area contributed by atoms with Gasteiger partial charge < -0.3 is 0 Å². The van der Waals surface area contributed by atoms with Gasteiger partial charge >= 0.3 is 0 Å². The Kier molecular flexibility index (Phi) is 4.76. The first-order valence-electron chi connectivity index (χ1n) is 8.77. The van der Waals surface area contributed by atoms with E-state index in [0.29, 0.717) is 13.1 Å². The van der Waals surface area contributed by atoms with Crippen molar-refractivity contribution >= 4 is 15.5 Å². The average Bonchev–Trinajstić information content (AvgIpc) is 3.05. The molecule has 3 aromatic rings.